The van der Waals surface area contributed by atoms with Crippen LogP contribution >= 0.6 is 0 Å². The Morgan fingerprint density at radius 1 is 1.16 bits per heavy atom. The van der Waals surface area contributed by atoms with E-state index in [1.54, 1.807) is 4.68 Å². The highest BCUT2D eigenvalue weighted by Crippen LogP contribution is 2.20. The third-order valence-corrected chi connectivity index (χ3v) is 6.17. The number of anilines is 1. The molecule has 0 unspecified atom stereocenters. The molecule has 168 valence electrons. The summed E-state index contributed by atoms with van der Waals surface area (Å²) in [6.45, 7) is 7.86. The number of hydrogen-bond donors (Lipinski definition) is 2. The molecule has 0 bridgehead atoms. The Kier molecular flexibility index (Phi) is 6.39. The summed E-state index contributed by atoms with van der Waals surface area (Å²) < 4.78 is 1.74. The summed E-state index contributed by atoms with van der Waals surface area (Å²) in [5, 5.41) is 7.60. The minimum Gasteiger partial charge on any atom is -0.347 e. The Hall–Kier alpha value is -3.42. The summed E-state index contributed by atoms with van der Waals surface area (Å²) in [5.41, 5.74) is 4.46. The van der Waals surface area contributed by atoms with E-state index in [-0.39, 0.29) is 24.1 Å². The molecule has 1 saturated heterocycles. The van der Waals surface area contributed by atoms with Crippen molar-refractivity contribution >= 4 is 11.9 Å². The van der Waals surface area contributed by atoms with Crippen LogP contribution in [0.5, 0.6) is 0 Å². The highest BCUT2D eigenvalue weighted by Gasteiger charge is 2.20. The zero-order chi connectivity index (χ0) is 22.7. The normalized spacial score (nSPS) is 14.5. The van der Waals surface area contributed by atoms with Gasteiger partial charge in [-0.15, -0.1) is 0 Å². The topological polar surface area (TPSA) is 95.9 Å². The van der Waals surface area contributed by atoms with Gasteiger partial charge in [0, 0.05) is 31.3 Å². The highest BCUT2D eigenvalue weighted by atomic mass is 16.2. The number of hydrogen-bond acceptors (Lipinski definition) is 5. The number of carbonyl (C=O) groups excluding carboxylic acids is 1. The van der Waals surface area contributed by atoms with Crippen molar-refractivity contribution < 1.29 is 4.79 Å². The Labute approximate surface area is 187 Å². The number of nitrogens with one attached hydrogen (secondary N) is 2. The molecule has 8 nitrogen and oxygen atoms in total. The molecule has 0 aliphatic carbocycles. The van der Waals surface area contributed by atoms with E-state index in [9.17, 15) is 9.59 Å². The lowest BCUT2D eigenvalue weighted by molar-refractivity contribution is -0.122. The van der Waals surface area contributed by atoms with Crippen LogP contribution in [0.15, 0.2) is 41.2 Å². The molecule has 1 aliphatic rings. The van der Waals surface area contributed by atoms with Crippen LogP contribution in [0.3, 0.4) is 0 Å². The van der Waals surface area contributed by atoms with Crippen molar-refractivity contribution in [3.8, 4) is 0 Å². The summed E-state index contributed by atoms with van der Waals surface area (Å²) in [7, 11) is 0. The second-order valence-corrected chi connectivity index (χ2v) is 8.44. The number of aromatic amines is 1. The number of amides is 1. The monoisotopic (exact) mass is 434 g/mol. The van der Waals surface area contributed by atoms with Crippen LogP contribution in [-0.4, -0.2) is 38.7 Å². The van der Waals surface area contributed by atoms with Gasteiger partial charge >= 0.3 is 0 Å². The van der Waals surface area contributed by atoms with Gasteiger partial charge in [0.05, 0.1) is 17.4 Å². The van der Waals surface area contributed by atoms with Crippen LogP contribution in [0.4, 0.5) is 5.95 Å². The van der Waals surface area contributed by atoms with Crippen LogP contribution in [0.25, 0.3) is 0 Å². The zero-order valence-corrected chi connectivity index (χ0v) is 18.9. The molecule has 0 spiro atoms. The molecule has 8 heteroatoms. The van der Waals surface area contributed by atoms with Crippen molar-refractivity contribution in [3.63, 3.8) is 0 Å². The maximum atomic E-state index is 12.9. The Morgan fingerprint density at radius 3 is 2.53 bits per heavy atom. The van der Waals surface area contributed by atoms with Gasteiger partial charge in [0.15, 0.2) is 0 Å². The lowest BCUT2D eigenvalue weighted by Crippen LogP contribution is -2.34. The molecular weight excluding hydrogens is 404 g/mol. The number of carbonyl (C=O) groups is 1. The van der Waals surface area contributed by atoms with Crippen LogP contribution < -0.4 is 15.8 Å². The Bertz CT molecular complexity index is 1150. The summed E-state index contributed by atoms with van der Waals surface area (Å²) in [6.07, 6.45) is 2.63. The number of H-pyrrole nitrogens is 1. The van der Waals surface area contributed by atoms with Gasteiger partial charge < -0.3 is 10.2 Å². The van der Waals surface area contributed by atoms with E-state index in [1.807, 2.05) is 51.1 Å². The van der Waals surface area contributed by atoms with E-state index in [1.165, 1.54) is 6.07 Å². The van der Waals surface area contributed by atoms with E-state index in [2.05, 4.69) is 20.3 Å². The molecular formula is C24H30N6O2. The first kappa shape index (κ1) is 21.8. The second-order valence-electron chi connectivity index (χ2n) is 8.44. The third kappa shape index (κ3) is 4.90. The van der Waals surface area contributed by atoms with E-state index in [0.29, 0.717) is 18.1 Å². The fourth-order valence-electron chi connectivity index (χ4n) is 4.14. The van der Waals surface area contributed by atoms with Gasteiger partial charge in [0.25, 0.3) is 5.56 Å². The maximum Gasteiger partial charge on any atom is 0.252 e. The average molecular weight is 435 g/mol. The average Bonchev–Trinajstić information content (AvgIpc) is 3.39. The largest absolute Gasteiger partial charge is 0.347 e. The third-order valence-electron chi connectivity index (χ3n) is 6.17. The molecule has 1 amide bonds. The molecule has 2 aromatic heterocycles. The van der Waals surface area contributed by atoms with E-state index in [0.717, 1.165) is 48.4 Å². The Balaban J connectivity index is 1.56. The summed E-state index contributed by atoms with van der Waals surface area (Å²) in [5.74, 6) is 0.482. The van der Waals surface area contributed by atoms with E-state index < -0.39 is 0 Å². The van der Waals surface area contributed by atoms with Crippen LogP contribution in [0, 0.1) is 20.8 Å². The molecule has 0 saturated carbocycles. The zero-order valence-electron chi connectivity index (χ0n) is 18.9. The molecule has 1 atom stereocenters. The summed E-state index contributed by atoms with van der Waals surface area (Å²) in [6, 6.07) is 11.0. The quantitative estimate of drug-likeness (QED) is 0.596. The molecule has 3 heterocycles. The van der Waals surface area contributed by atoms with Gasteiger partial charge in [0.1, 0.15) is 6.54 Å². The molecule has 0 radical (unpaired) electrons. The highest BCUT2D eigenvalue weighted by molar-refractivity contribution is 5.76. The number of nitrogens with zero attached hydrogens (tertiary/aromatic N) is 4. The smallest absolute Gasteiger partial charge is 0.252 e. The first-order valence-electron chi connectivity index (χ1n) is 11.1. The fraction of sp³-hybridized carbons (Fsp3) is 0.417. The molecule has 32 heavy (non-hydrogen) atoms. The second kappa shape index (κ2) is 9.38. The van der Waals surface area contributed by atoms with Gasteiger partial charge in [-0.2, -0.15) is 5.10 Å². The van der Waals surface area contributed by atoms with Crippen molar-refractivity contribution in [1.29, 1.82) is 0 Å². The number of aryl methyl sites for hydroxylation is 1. The molecule has 3 aromatic rings. The van der Waals surface area contributed by atoms with Gasteiger partial charge in [-0.05, 0) is 44.7 Å². The van der Waals surface area contributed by atoms with Gasteiger partial charge in [-0.25, -0.2) is 4.98 Å². The van der Waals surface area contributed by atoms with Crippen molar-refractivity contribution in [3.05, 3.63) is 75.0 Å². The van der Waals surface area contributed by atoms with Crippen molar-refractivity contribution in [2.75, 3.05) is 18.0 Å². The maximum absolute atomic E-state index is 12.9. The van der Waals surface area contributed by atoms with Gasteiger partial charge in [-0.1, -0.05) is 30.3 Å². The van der Waals surface area contributed by atoms with Gasteiger partial charge in [0.2, 0.25) is 11.9 Å². The van der Waals surface area contributed by atoms with Crippen molar-refractivity contribution in [1.82, 2.24) is 25.1 Å². The lowest BCUT2D eigenvalue weighted by Gasteiger charge is -2.21. The van der Waals surface area contributed by atoms with Crippen molar-refractivity contribution in [2.24, 2.45) is 0 Å². The Morgan fingerprint density at radius 2 is 1.88 bits per heavy atom. The molecule has 4 rings (SSSR count). The van der Waals surface area contributed by atoms with E-state index in [4.69, 9.17) is 4.98 Å². The first-order chi connectivity index (χ1) is 15.4. The van der Waals surface area contributed by atoms with Crippen LogP contribution in [0.2, 0.25) is 0 Å². The standard InChI is InChI=1S/C24H30N6O2/c1-16-17(2)28-30(18(16)3)15-23(32)26-21(19-9-5-4-6-10-19)13-20-14-22(31)27-24(25-20)29-11-7-8-12-29/h4-6,9-10,14,21H,7-8,11-13,15H2,1-3H3,(H,26,32)(H,25,27,31)/t21-/m1/s1. The molecule has 1 fully saturated rings. The van der Waals surface area contributed by atoms with Crippen molar-refractivity contribution in [2.45, 2.75) is 52.6 Å². The predicted octanol–water partition coefficient (Wildman–Crippen LogP) is 2.59. The first-order valence-corrected chi connectivity index (χ1v) is 11.1. The summed E-state index contributed by atoms with van der Waals surface area (Å²) >= 11 is 0. The van der Waals surface area contributed by atoms with Crippen LogP contribution in [-0.2, 0) is 17.8 Å². The minimum atomic E-state index is -0.303. The van der Waals surface area contributed by atoms with E-state index >= 15 is 0 Å². The molecule has 1 aliphatic heterocycles. The number of aromatic nitrogens is 4. The summed E-state index contributed by atoms with van der Waals surface area (Å²) in [4.78, 5) is 34.9. The van der Waals surface area contributed by atoms with Gasteiger partial charge in [-0.3, -0.25) is 19.3 Å². The molecule has 2 N–H and O–H groups in total. The molecule has 1 aromatic carbocycles. The minimum absolute atomic E-state index is 0.130. The SMILES string of the molecule is Cc1nn(CC(=O)N[C@H](Cc2cc(=O)[nH]c(N3CCCC3)n2)c2ccccc2)c(C)c1C. The van der Waals surface area contributed by atoms with Crippen LogP contribution in [0.1, 0.15) is 47.1 Å². The predicted molar refractivity (Wildman–Crippen MR) is 124 cm³/mol. The lowest BCUT2D eigenvalue weighted by atomic mass is 10.0. The number of benzene rings is 1. The fourth-order valence-corrected chi connectivity index (χ4v) is 4.14. The number of rotatable bonds is 7.